The first kappa shape index (κ1) is 26.5. The van der Waals surface area contributed by atoms with E-state index in [1.165, 1.54) is 4.90 Å². The van der Waals surface area contributed by atoms with E-state index in [0.29, 0.717) is 12.2 Å². The highest BCUT2D eigenvalue weighted by atomic mass is 16.5. The molecule has 6 nitrogen and oxygen atoms in total. The van der Waals surface area contributed by atoms with Gasteiger partial charge in [0.1, 0.15) is 11.5 Å². The van der Waals surface area contributed by atoms with Gasteiger partial charge in [0.25, 0.3) is 11.7 Å². The van der Waals surface area contributed by atoms with Crippen LogP contribution in [0.3, 0.4) is 0 Å². The van der Waals surface area contributed by atoms with Crippen LogP contribution >= 0.6 is 0 Å². The number of hydrogen-bond acceptors (Lipinski definition) is 5. The first-order chi connectivity index (χ1) is 16.6. The number of aliphatic hydroxyl groups excluding tert-OH is 1. The maximum Gasteiger partial charge on any atom is 0.295 e. The van der Waals surface area contributed by atoms with Crippen molar-refractivity contribution in [2.75, 3.05) is 26.9 Å². The average Bonchev–Trinajstić information content (AvgIpc) is 3.07. The Morgan fingerprint density at radius 3 is 2.31 bits per heavy atom. The minimum atomic E-state index is -0.694. The number of Topliss-reactive ketones (excluding diaryl/α,β-unsaturated/α-hetero) is 1. The Morgan fingerprint density at radius 1 is 1.06 bits per heavy atom. The smallest absolute Gasteiger partial charge is 0.295 e. The minimum Gasteiger partial charge on any atom is -0.507 e. The zero-order chi connectivity index (χ0) is 25.8. The molecule has 1 aliphatic heterocycles. The number of ether oxygens (including phenoxy) is 2. The van der Waals surface area contributed by atoms with Gasteiger partial charge in [0, 0.05) is 19.2 Å². The third-order valence-corrected chi connectivity index (χ3v) is 6.37. The Labute approximate surface area is 208 Å². The second-order valence-electron chi connectivity index (χ2n) is 10.0. The molecular weight excluding hydrogens is 442 g/mol. The van der Waals surface area contributed by atoms with Crippen molar-refractivity contribution in [3.63, 3.8) is 0 Å². The van der Waals surface area contributed by atoms with Crippen molar-refractivity contribution in [2.45, 2.75) is 58.9 Å². The van der Waals surface area contributed by atoms with E-state index >= 15 is 0 Å². The summed E-state index contributed by atoms with van der Waals surface area (Å²) in [4.78, 5) is 27.6. The predicted molar refractivity (Wildman–Crippen MR) is 138 cm³/mol. The zero-order valence-electron chi connectivity index (χ0n) is 21.7. The van der Waals surface area contributed by atoms with E-state index in [1.807, 2.05) is 31.2 Å². The van der Waals surface area contributed by atoms with Crippen molar-refractivity contribution in [1.82, 2.24) is 4.90 Å². The summed E-state index contributed by atoms with van der Waals surface area (Å²) in [7, 11) is 1.55. The third kappa shape index (κ3) is 5.76. The van der Waals surface area contributed by atoms with E-state index in [0.717, 1.165) is 35.3 Å². The number of ketones is 1. The van der Waals surface area contributed by atoms with Gasteiger partial charge in [-0.2, -0.15) is 0 Å². The summed E-state index contributed by atoms with van der Waals surface area (Å²) in [6.07, 6.45) is 2.00. The summed E-state index contributed by atoms with van der Waals surface area (Å²) in [5.74, 6) is -0.768. The Kier molecular flexibility index (Phi) is 8.39. The van der Waals surface area contributed by atoms with Crippen LogP contribution in [-0.4, -0.2) is 48.6 Å². The monoisotopic (exact) mass is 479 g/mol. The van der Waals surface area contributed by atoms with Gasteiger partial charge in [0.05, 0.1) is 24.8 Å². The van der Waals surface area contributed by atoms with Gasteiger partial charge in [-0.3, -0.25) is 9.59 Å². The van der Waals surface area contributed by atoms with Crippen LogP contribution in [0, 0.1) is 6.92 Å². The standard InChI is InChI=1S/C29H37NO5/c1-7-8-16-35-23-14-11-21(18-19(23)2)26(31)24-25(30(15-17-34-6)28(33)27(24)32)20-9-12-22(13-10-20)29(3,4)5/h9-14,18,25,31H,7-8,15-17H2,1-6H3/b26-24+. The molecule has 2 aromatic rings. The van der Waals surface area contributed by atoms with Crippen LogP contribution in [0.4, 0.5) is 0 Å². The second-order valence-corrected chi connectivity index (χ2v) is 10.0. The van der Waals surface area contributed by atoms with E-state index in [9.17, 15) is 14.7 Å². The molecular formula is C29H37NO5. The molecule has 0 aliphatic carbocycles. The lowest BCUT2D eigenvalue weighted by Crippen LogP contribution is -2.32. The maximum absolute atomic E-state index is 13.2. The highest BCUT2D eigenvalue weighted by molar-refractivity contribution is 6.46. The number of rotatable bonds is 9. The number of methoxy groups -OCH3 is 1. The van der Waals surface area contributed by atoms with Crippen molar-refractivity contribution >= 4 is 17.4 Å². The molecule has 1 amide bonds. The van der Waals surface area contributed by atoms with E-state index in [4.69, 9.17) is 9.47 Å². The van der Waals surface area contributed by atoms with Crippen LogP contribution in [0.25, 0.3) is 5.76 Å². The maximum atomic E-state index is 13.2. The molecule has 1 atom stereocenters. The van der Waals surface area contributed by atoms with E-state index in [-0.39, 0.29) is 29.9 Å². The molecule has 0 aromatic heterocycles. The topological polar surface area (TPSA) is 76.1 Å². The summed E-state index contributed by atoms with van der Waals surface area (Å²) < 4.78 is 11.0. The lowest BCUT2D eigenvalue weighted by molar-refractivity contribution is -0.140. The molecule has 1 heterocycles. The Balaban J connectivity index is 2.06. The molecule has 0 bridgehead atoms. The molecule has 35 heavy (non-hydrogen) atoms. The zero-order valence-corrected chi connectivity index (χ0v) is 21.7. The van der Waals surface area contributed by atoms with Crippen LogP contribution in [-0.2, 0) is 19.7 Å². The van der Waals surface area contributed by atoms with E-state index < -0.39 is 17.7 Å². The van der Waals surface area contributed by atoms with Crippen molar-refractivity contribution in [1.29, 1.82) is 0 Å². The lowest BCUT2D eigenvalue weighted by atomic mass is 9.85. The number of amides is 1. The van der Waals surface area contributed by atoms with Crippen LogP contribution in [0.1, 0.15) is 68.8 Å². The van der Waals surface area contributed by atoms with Crippen LogP contribution < -0.4 is 4.74 Å². The average molecular weight is 480 g/mol. The number of benzene rings is 2. The normalized spacial score (nSPS) is 17.8. The van der Waals surface area contributed by atoms with Gasteiger partial charge in [0.2, 0.25) is 0 Å². The highest BCUT2D eigenvalue weighted by Gasteiger charge is 2.45. The summed E-state index contributed by atoms with van der Waals surface area (Å²) in [5, 5.41) is 11.3. The molecule has 1 fully saturated rings. The molecule has 1 aliphatic rings. The molecule has 0 spiro atoms. The lowest BCUT2D eigenvalue weighted by Gasteiger charge is -2.26. The molecule has 0 radical (unpaired) electrons. The SMILES string of the molecule is CCCCOc1ccc(/C(O)=C2\C(=O)C(=O)N(CCOC)C2c2ccc(C(C)(C)C)cc2)cc1C. The van der Waals surface area contributed by atoms with Gasteiger partial charge in [-0.05, 0) is 53.6 Å². The number of unbranched alkanes of at least 4 members (excludes halogenated alkanes) is 1. The summed E-state index contributed by atoms with van der Waals surface area (Å²) in [5.41, 5.74) is 3.30. The molecule has 1 unspecified atom stereocenters. The number of hydrogen-bond donors (Lipinski definition) is 1. The van der Waals surface area contributed by atoms with E-state index in [2.05, 4.69) is 27.7 Å². The van der Waals surface area contributed by atoms with Crippen LogP contribution in [0.5, 0.6) is 5.75 Å². The fraction of sp³-hybridized carbons (Fsp3) is 0.448. The van der Waals surface area contributed by atoms with E-state index in [1.54, 1.807) is 25.3 Å². The second kappa shape index (κ2) is 11.1. The number of aryl methyl sites for hydroxylation is 1. The number of carbonyl (C=O) groups excluding carboxylic acids is 2. The van der Waals surface area contributed by atoms with Crippen LogP contribution in [0.2, 0.25) is 0 Å². The molecule has 1 saturated heterocycles. The molecule has 3 rings (SSSR count). The quantitative estimate of drug-likeness (QED) is 0.221. The van der Waals surface area contributed by atoms with Gasteiger partial charge in [-0.1, -0.05) is 58.4 Å². The largest absolute Gasteiger partial charge is 0.507 e. The fourth-order valence-corrected chi connectivity index (χ4v) is 4.25. The van der Waals surface area contributed by atoms with Crippen molar-refractivity contribution < 1.29 is 24.2 Å². The number of carbonyl (C=O) groups is 2. The number of aliphatic hydroxyl groups is 1. The van der Waals surface area contributed by atoms with Gasteiger partial charge in [0.15, 0.2) is 0 Å². The van der Waals surface area contributed by atoms with Gasteiger partial charge < -0.3 is 19.5 Å². The molecule has 2 aromatic carbocycles. The molecule has 6 heteroatoms. The Bertz CT molecular complexity index is 1100. The summed E-state index contributed by atoms with van der Waals surface area (Å²) in [6, 6.07) is 12.5. The fourth-order valence-electron chi connectivity index (χ4n) is 4.25. The van der Waals surface area contributed by atoms with Crippen LogP contribution in [0.15, 0.2) is 48.0 Å². The molecule has 1 N–H and O–H groups in total. The minimum absolute atomic E-state index is 0.0329. The van der Waals surface area contributed by atoms with Crippen molar-refractivity contribution in [3.05, 3.63) is 70.3 Å². The summed E-state index contributed by atoms with van der Waals surface area (Å²) >= 11 is 0. The highest BCUT2D eigenvalue weighted by Crippen LogP contribution is 2.40. The number of nitrogens with zero attached hydrogens (tertiary/aromatic N) is 1. The van der Waals surface area contributed by atoms with Gasteiger partial charge in [-0.15, -0.1) is 0 Å². The first-order valence-corrected chi connectivity index (χ1v) is 12.2. The Hall–Kier alpha value is -3.12. The summed E-state index contributed by atoms with van der Waals surface area (Å²) in [6.45, 7) is 11.5. The third-order valence-electron chi connectivity index (χ3n) is 6.37. The predicted octanol–water partition coefficient (Wildman–Crippen LogP) is 5.54. The molecule has 0 saturated carbocycles. The van der Waals surface area contributed by atoms with Gasteiger partial charge in [-0.25, -0.2) is 0 Å². The Morgan fingerprint density at radius 2 is 1.74 bits per heavy atom. The van der Waals surface area contributed by atoms with Crippen molar-refractivity contribution in [3.8, 4) is 5.75 Å². The first-order valence-electron chi connectivity index (χ1n) is 12.2. The molecule has 188 valence electrons. The van der Waals surface area contributed by atoms with Crippen molar-refractivity contribution in [2.24, 2.45) is 0 Å². The van der Waals surface area contributed by atoms with Gasteiger partial charge >= 0.3 is 0 Å². The number of likely N-dealkylation sites (tertiary alicyclic amines) is 1.